The number of hydrogen-bond donors (Lipinski definition) is 3. The van der Waals surface area contributed by atoms with Crippen LogP contribution < -0.4 is 5.73 Å². The third-order valence-corrected chi connectivity index (χ3v) is 4.05. The Morgan fingerprint density at radius 1 is 1.39 bits per heavy atom. The molecule has 1 saturated heterocycles. The molecule has 2 heterocycles. The lowest BCUT2D eigenvalue weighted by Gasteiger charge is -2.32. The van der Waals surface area contributed by atoms with Gasteiger partial charge in [0.1, 0.15) is 5.84 Å². The minimum Gasteiger partial charge on any atom is -0.384 e. The first kappa shape index (κ1) is 15.2. The number of aromatic nitrogens is 3. The minimum absolute atomic E-state index is 0.259. The number of nitrogens with one attached hydrogen (secondary N) is 1. The fourth-order valence-electron chi connectivity index (χ4n) is 2.83. The van der Waals surface area contributed by atoms with Crippen molar-refractivity contribution in [3.05, 3.63) is 41.7 Å². The van der Waals surface area contributed by atoms with Crippen molar-refractivity contribution in [2.24, 2.45) is 5.73 Å². The van der Waals surface area contributed by atoms with E-state index in [2.05, 4.69) is 10.2 Å². The van der Waals surface area contributed by atoms with Gasteiger partial charge in [0.05, 0.1) is 23.6 Å². The van der Waals surface area contributed by atoms with Crippen molar-refractivity contribution in [3.8, 4) is 5.69 Å². The molecular formula is C15H18N6O2. The van der Waals surface area contributed by atoms with Gasteiger partial charge in [-0.05, 0) is 25.5 Å². The lowest BCUT2D eigenvalue weighted by Crippen LogP contribution is -2.55. The monoisotopic (exact) mass is 314 g/mol. The maximum absolute atomic E-state index is 13.0. The van der Waals surface area contributed by atoms with Crippen molar-refractivity contribution < 1.29 is 9.90 Å². The number of rotatable bonds is 3. The molecule has 2 aromatic rings. The van der Waals surface area contributed by atoms with Gasteiger partial charge in [-0.3, -0.25) is 10.2 Å². The van der Waals surface area contributed by atoms with Crippen LogP contribution in [0.3, 0.4) is 0 Å². The summed E-state index contributed by atoms with van der Waals surface area (Å²) in [5.74, 6) is -0.814. The molecule has 0 radical (unpaired) electrons. The highest BCUT2D eigenvalue weighted by Gasteiger charge is 2.45. The normalized spacial score (nSPS) is 20.7. The molecule has 1 aromatic heterocycles. The quantitative estimate of drug-likeness (QED) is 0.560. The highest BCUT2D eigenvalue weighted by molar-refractivity contribution is 6.01. The Balaban J connectivity index is 2.06. The van der Waals surface area contributed by atoms with Crippen molar-refractivity contribution in [1.82, 2.24) is 19.9 Å². The van der Waals surface area contributed by atoms with Crippen molar-refractivity contribution in [2.75, 3.05) is 6.54 Å². The second kappa shape index (κ2) is 5.47. The third-order valence-electron chi connectivity index (χ3n) is 4.05. The first-order chi connectivity index (χ1) is 10.9. The fourth-order valence-corrected chi connectivity index (χ4v) is 2.83. The van der Waals surface area contributed by atoms with Crippen molar-refractivity contribution in [2.45, 2.75) is 25.5 Å². The molecular weight excluding hydrogens is 296 g/mol. The molecule has 0 bridgehead atoms. The summed E-state index contributed by atoms with van der Waals surface area (Å²) in [7, 11) is 0. The molecule has 1 fully saturated rings. The van der Waals surface area contributed by atoms with Crippen LogP contribution in [0.15, 0.2) is 30.6 Å². The zero-order valence-electron chi connectivity index (χ0n) is 12.7. The summed E-state index contributed by atoms with van der Waals surface area (Å²) in [6.07, 6.45) is 3.89. The number of benzene rings is 1. The Kier molecular flexibility index (Phi) is 3.61. The standard InChI is InChI=1S/C15H18N6O2/c1-10-3-4-12(21-18-6-7-19-21)11(9-10)13(22)20-8-2-5-15(20,23)14(16)17/h3-4,6-7,9,23H,2,5,8H2,1H3,(H3,16,17). The molecule has 8 heteroatoms. The molecule has 1 aromatic carbocycles. The number of aryl methyl sites for hydroxylation is 1. The van der Waals surface area contributed by atoms with Gasteiger partial charge in [0.25, 0.3) is 5.91 Å². The smallest absolute Gasteiger partial charge is 0.258 e. The van der Waals surface area contributed by atoms with Crippen LogP contribution >= 0.6 is 0 Å². The molecule has 0 aliphatic carbocycles. The van der Waals surface area contributed by atoms with Gasteiger partial charge in [0.2, 0.25) is 0 Å². The van der Waals surface area contributed by atoms with Gasteiger partial charge >= 0.3 is 0 Å². The molecule has 120 valence electrons. The van der Waals surface area contributed by atoms with Crippen LogP contribution in [0, 0.1) is 12.3 Å². The van der Waals surface area contributed by atoms with Gasteiger partial charge in [-0.15, -0.1) is 0 Å². The predicted octanol–water partition coefficient (Wildman–Crippen LogP) is 0.436. The Morgan fingerprint density at radius 3 is 2.74 bits per heavy atom. The number of carbonyl (C=O) groups excluding carboxylic acids is 1. The number of hydrogen-bond acceptors (Lipinski definition) is 5. The van der Waals surface area contributed by atoms with Crippen LogP contribution in [0.1, 0.15) is 28.8 Å². The van der Waals surface area contributed by atoms with Crippen LogP contribution in [0.2, 0.25) is 0 Å². The average Bonchev–Trinajstić information content (AvgIpc) is 3.16. The van der Waals surface area contributed by atoms with E-state index in [1.807, 2.05) is 13.0 Å². The second-order valence-electron chi connectivity index (χ2n) is 5.63. The van der Waals surface area contributed by atoms with Crippen LogP contribution in [-0.4, -0.2) is 49.0 Å². The predicted molar refractivity (Wildman–Crippen MR) is 83.2 cm³/mol. The largest absolute Gasteiger partial charge is 0.384 e. The van der Waals surface area contributed by atoms with Gasteiger partial charge in [0.15, 0.2) is 5.72 Å². The topological polar surface area (TPSA) is 121 Å². The molecule has 1 unspecified atom stereocenters. The zero-order chi connectivity index (χ0) is 16.6. The van der Waals surface area contributed by atoms with Crippen LogP contribution in [0.4, 0.5) is 0 Å². The maximum Gasteiger partial charge on any atom is 0.258 e. The Morgan fingerprint density at radius 2 is 2.09 bits per heavy atom. The molecule has 23 heavy (non-hydrogen) atoms. The molecule has 8 nitrogen and oxygen atoms in total. The Bertz CT molecular complexity index is 757. The number of carbonyl (C=O) groups is 1. The van der Waals surface area contributed by atoms with Crippen molar-refractivity contribution >= 4 is 11.7 Å². The summed E-state index contributed by atoms with van der Waals surface area (Å²) in [6.45, 7) is 2.22. The van der Waals surface area contributed by atoms with Crippen LogP contribution in [0.25, 0.3) is 5.69 Å². The first-order valence-electron chi connectivity index (χ1n) is 7.29. The van der Waals surface area contributed by atoms with E-state index in [9.17, 15) is 9.90 Å². The van der Waals surface area contributed by atoms with E-state index in [-0.39, 0.29) is 6.42 Å². The zero-order valence-corrected chi connectivity index (χ0v) is 12.7. The third kappa shape index (κ3) is 2.46. The van der Waals surface area contributed by atoms with Gasteiger partial charge in [-0.1, -0.05) is 11.6 Å². The van der Waals surface area contributed by atoms with E-state index in [1.54, 1.807) is 12.1 Å². The summed E-state index contributed by atoms with van der Waals surface area (Å²) in [6, 6.07) is 5.34. The lowest BCUT2D eigenvalue weighted by atomic mass is 10.1. The molecule has 3 rings (SSSR count). The number of amidine groups is 1. The molecule has 4 N–H and O–H groups in total. The van der Waals surface area contributed by atoms with E-state index in [0.717, 1.165) is 5.56 Å². The maximum atomic E-state index is 13.0. The SMILES string of the molecule is Cc1ccc(-n2nccn2)c(C(=O)N2CCCC2(O)C(=N)N)c1. The van der Waals surface area contributed by atoms with Gasteiger partial charge in [-0.2, -0.15) is 15.0 Å². The number of likely N-dealkylation sites (tertiary alicyclic amines) is 1. The number of aliphatic hydroxyl groups is 1. The van der Waals surface area contributed by atoms with E-state index < -0.39 is 17.5 Å². The molecule has 0 saturated carbocycles. The summed E-state index contributed by atoms with van der Waals surface area (Å²) in [5.41, 5.74) is 5.56. The number of nitrogens with zero attached hydrogens (tertiary/aromatic N) is 4. The van der Waals surface area contributed by atoms with Gasteiger partial charge in [0, 0.05) is 13.0 Å². The van der Waals surface area contributed by atoms with E-state index in [4.69, 9.17) is 11.1 Å². The minimum atomic E-state index is -1.73. The lowest BCUT2D eigenvalue weighted by molar-refractivity contribution is -0.0101. The molecule has 1 atom stereocenters. The fraction of sp³-hybridized carbons (Fsp3) is 0.333. The summed E-state index contributed by atoms with van der Waals surface area (Å²) < 4.78 is 0. The van der Waals surface area contributed by atoms with Crippen molar-refractivity contribution in [1.29, 1.82) is 5.41 Å². The molecule has 1 aliphatic rings. The second-order valence-corrected chi connectivity index (χ2v) is 5.63. The highest BCUT2D eigenvalue weighted by Crippen LogP contribution is 2.30. The summed E-state index contributed by atoms with van der Waals surface area (Å²) in [4.78, 5) is 15.6. The van der Waals surface area contributed by atoms with E-state index in [1.165, 1.54) is 22.1 Å². The van der Waals surface area contributed by atoms with E-state index in [0.29, 0.717) is 24.2 Å². The number of nitrogens with two attached hydrogens (primary N) is 1. The van der Waals surface area contributed by atoms with Gasteiger partial charge < -0.3 is 15.7 Å². The highest BCUT2D eigenvalue weighted by atomic mass is 16.3. The summed E-state index contributed by atoms with van der Waals surface area (Å²) >= 11 is 0. The Hall–Kier alpha value is -2.74. The van der Waals surface area contributed by atoms with Crippen LogP contribution in [-0.2, 0) is 0 Å². The average molecular weight is 314 g/mol. The van der Waals surface area contributed by atoms with Gasteiger partial charge in [-0.25, -0.2) is 0 Å². The molecule has 0 spiro atoms. The number of amides is 1. The molecule has 1 amide bonds. The summed E-state index contributed by atoms with van der Waals surface area (Å²) in [5, 5.41) is 26.3. The van der Waals surface area contributed by atoms with Crippen molar-refractivity contribution in [3.63, 3.8) is 0 Å². The molecule has 1 aliphatic heterocycles. The van der Waals surface area contributed by atoms with E-state index >= 15 is 0 Å². The first-order valence-corrected chi connectivity index (χ1v) is 7.29. The Labute approximate surface area is 133 Å². The van der Waals surface area contributed by atoms with Crippen LogP contribution in [0.5, 0.6) is 0 Å².